The molecule has 1 N–H and O–H groups in total. The number of nitrogens with zero attached hydrogens (tertiary/aromatic N) is 4. The molecule has 2 rings (SSSR count). The summed E-state index contributed by atoms with van der Waals surface area (Å²) in [5.74, 6) is -0.146. The molecule has 1 atom stereocenters. The predicted molar refractivity (Wildman–Crippen MR) is 70.0 cm³/mol. The van der Waals surface area contributed by atoms with Gasteiger partial charge in [0.15, 0.2) is 5.69 Å². The monoisotopic (exact) mass is 260 g/mol. The summed E-state index contributed by atoms with van der Waals surface area (Å²) in [5, 5.41) is 13.6. The minimum atomic E-state index is -0.599. The molecule has 6 heteroatoms. The minimum Gasteiger partial charge on any atom is -0.387 e. The van der Waals surface area contributed by atoms with Gasteiger partial charge in [-0.1, -0.05) is 0 Å². The smallest absolute Gasteiger partial charge is 0.273 e. The Morgan fingerprint density at radius 1 is 1.37 bits per heavy atom. The van der Waals surface area contributed by atoms with Crippen LogP contribution in [0.4, 0.5) is 0 Å². The maximum Gasteiger partial charge on any atom is 0.273 e. The predicted octanol–water partition coefficient (Wildman–Crippen LogP) is 1.02. The molecule has 0 aliphatic carbocycles. The Labute approximate surface area is 111 Å². The van der Waals surface area contributed by atoms with Crippen molar-refractivity contribution in [2.75, 3.05) is 14.1 Å². The fourth-order valence-corrected chi connectivity index (χ4v) is 1.59. The van der Waals surface area contributed by atoms with E-state index in [1.54, 1.807) is 56.3 Å². The number of rotatable bonds is 3. The molecule has 2 heterocycles. The number of aromatic nitrogens is 3. The van der Waals surface area contributed by atoms with E-state index in [-0.39, 0.29) is 5.91 Å². The summed E-state index contributed by atoms with van der Waals surface area (Å²) >= 11 is 0. The summed E-state index contributed by atoms with van der Waals surface area (Å²) in [6, 6.07) is 5.19. The summed E-state index contributed by atoms with van der Waals surface area (Å²) in [6.07, 6.45) is 2.71. The lowest BCUT2D eigenvalue weighted by Crippen LogP contribution is -2.22. The molecule has 0 fully saturated rings. The highest BCUT2D eigenvalue weighted by atomic mass is 16.3. The molecule has 19 heavy (non-hydrogen) atoms. The SMILES string of the molecule is CC(O)c1ccc(-n2ccc(C(=O)N(C)C)n2)cn1. The van der Waals surface area contributed by atoms with Crippen LogP contribution in [0.2, 0.25) is 0 Å². The number of aliphatic hydroxyl groups excluding tert-OH is 1. The number of carbonyl (C=O) groups is 1. The average molecular weight is 260 g/mol. The molecule has 100 valence electrons. The summed E-state index contributed by atoms with van der Waals surface area (Å²) in [5.41, 5.74) is 1.72. The number of amides is 1. The molecule has 0 spiro atoms. The van der Waals surface area contributed by atoms with Crippen LogP contribution in [0.15, 0.2) is 30.6 Å². The van der Waals surface area contributed by atoms with E-state index in [9.17, 15) is 9.90 Å². The van der Waals surface area contributed by atoms with Crippen molar-refractivity contribution in [3.8, 4) is 5.69 Å². The molecule has 0 saturated carbocycles. The van der Waals surface area contributed by atoms with Gasteiger partial charge in [0.1, 0.15) is 0 Å². The van der Waals surface area contributed by atoms with Gasteiger partial charge in [0.25, 0.3) is 5.91 Å². The largest absolute Gasteiger partial charge is 0.387 e. The van der Waals surface area contributed by atoms with Crippen LogP contribution >= 0.6 is 0 Å². The van der Waals surface area contributed by atoms with E-state index in [4.69, 9.17) is 0 Å². The standard InChI is InChI=1S/C13H16N4O2/c1-9(18)11-5-4-10(8-14-11)17-7-6-12(15-17)13(19)16(2)3/h4-9,18H,1-3H3. The van der Waals surface area contributed by atoms with Gasteiger partial charge in [-0.3, -0.25) is 9.78 Å². The molecule has 2 aromatic rings. The maximum atomic E-state index is 11.7. The normalized spacial score (nSPS) is 12.2. The molecule has 0 bridgehead atoms. The van der Waals surface area contributed by atoms with Gasteiger partial charge >= 0.3 is 0 Å². The van der Waals surface area contributed by atoms with Crippen LogP contribution in [0.25, 0.3) is 5.69 Å². The average Bonchev–Trinajstić information content (AvgIpc) is 2.87. The Bertz CT molecular complexity index is 573. The van der Waals surface area contributed by atoms with Crippen LogP contribution < -0.4 is 0 Å². The topological polar surface area (TPSA) is 71.2 Å². The van der Waals surface area contributed by atoms with Crippen LogP contribution in [0, 0.1) is 0 Å². The number of hydrogen-bond donors (Lipinski definition) is 1. The second-order valence-corrected chi connectivity index (χ2v) is 4.46. The van der Waals surface area contributed by atoms with E-state index >= 15 is 0 Å². The van der Waals surface area contributed by atoms with Gasteiger partial charge in [0.05, 0.1) is 23.7 Å². The Morgan fingerprint density at radius 2 is 2.11 bits per heavy atom. The summed E-state index contributed by atoms with van der Waals surface area (Å²) < 4.78 is 1.58. The van der Waals surface area contributed by atoms with Gasteiger partial charge < -0.3 is 10.0 Å². The highest BCUT2D eigenvalue weighted by molar-refractivity contribution is 5.91. The van der Waals surface area contributed by atoms with Crippen molar-refractivity contribution in [3.05, 3.63) is 42.0 Å². The van der Waals surface area contributed by atoms with Crippen LogP contribution in [0.3, 0.4) is 0 Å². The van der Waals surface area contributed by atoms with Crippen molar-refractivity contribution < 1.29 is 9.90 Å². The van der Waals surface area contributed by atoms with Crippen LogP contribution in [0.1, 0.15) is 29.2 Å². The quantitative estimate of drug-likeness (QED) is 0.894. The van der Waals surface area contributed by atoms with Gasteiger partial charge in [-0.2, -0.15) is 5.10 Å². The van der Waals surface area contributed by atoms with E-state index in [2.05, 4.69) is 10.1 Å². The van der Waals surface area contributed by atoms with E-state index in [1.165, 1.54) is 4.90 Å². The Hall–Kier alpha value is -2.21. The van der Waals surface area contributed by atoms with Crippen molar-refractivity contribution in [1.29, 1.82) is 0 Å². The lowest BCUT2D eigenvalue weighted by atomic mass is 10.2. The summed E-state index contributed by atoms with van der Waals surface area (Å²) in [7, 11) is 3.36. The fourth-order valence-electron chi connectivity index (χ4n) is 1.59. The molecule has 1 amide bonds. The minimum absolute atomic E-state index is 0.146. The van der Waals surface area contributed by atoms with Gasteiger partial charge in [0.2, 0.25) is 0 Å². The summed E-state index contributed by atoms with van der Waals surface area (Å²) in [4.78, 5) is 17.3. The number of pyridine rings is 1. The second kappa shape index (κ2) is 5.19. The first kappa shape index (κ1) is 13.2. The third kappa shape index (κ3) is 2.79. The molecule has 6 nitrogen and oxygen atoms in total. The first-order valence-electron chi connectivity index (χ1n) is 5.90. The highest BCUT2D eigenvalue weighted by Crippen LogP contribution is 2.12. The molecule has 0 aromatic carbocycles. The van der Waals surface area contributed by atoms with E-state index in [0.717, 1.165) is 5.69 Å². The van der Waals surface area contributed by atoms with Crippen LogP contribution in [-0.2, 0) is 0 Å². The fraction of sp³-hybridized carbons (Fsp3) is 0.308. The molecule has 0 aliphatic heterocycles. The molecule has 2 aromatic heterocycles. The Balaban J connectivity index is 2.25. The van der Waals surface area contributed by atoms with E-state index < -0.39 is 6.10 Å². The zero-order valence-electron chi connectivity index (χ0n) is 11.1. The molecule has 0 radical (unpaired) electrons. The van der Waals surface area contributed by atoms with Crippen molar-refractivity contribution in [3.63, 3.8) is 0 Å². The zero-order valence-corrected chi connectivity index (χ0v) is 11.1. The van der Waals surface area contributed by atoms with Crippen molar-refractivity contribution in [1.82, 2.24) is 19.7 Å². The molecule has 0 saturated heterocycles. The summed E-state index contributed by atoms with van der Waals surface area (Å²) in [6.45, 7) is 1.66. The second-order valence-electron chi connectivity index (χ2n) is 4.46. The maximum absolute atomic E-state index is 11.7. The molecular formula is C13H16N4O2. The molecule has 0 aliphatic rings. The zero-order chi connectivity index (χ0) is 14.0. The van der Waals surface area contributed by atoms with Gasteiger partial charge in [-0.05, 0) is 25.1 Å². The van der Waals surface area contributed by atoms with Gasteiger partial charge in [-0.25, -0.2) is 4.68 Å². The first-order chi connectivity index (χ1) is 8.99. The van der Waals surface area contributed by atoms with Gasteiger partial charge in [0, 0.05) is 20.3 Å². The third-order valence-corrected chi connectivity index (χ3v) is 2.68. The Kier molecular flexibility index (Phi) is 3.62. The molecular weight excluding hydrogens is 244 g/mol. The number of carbonyl (C=O) groups excluding carboxylic acids is 1. The van der Waals surface area contributed by atoms with Crippen molar-refractivity contribution in [2.24, 2.45) is 0 Å². The lowest BCUT2D eigenvalue weighted by Gasteiger charge is -2.07. The van der Waals surface area contributed by atoms with Crippen LogP contribution in [-0.4, -0.2) is 44.8 Å². The first-order valence-corrected chi connectivity index (χ1v) is 5.90. The number of hydrogen-bond acceptors (Lipinski definition) is 4. The third-order valence-electron chi connectivity index (χ3n) is 2.68. The lowest BCUT2D eigenvalue weighted by molar-refractivity contribution is 0.0821. The van der Waals surface area contributed by atoms with Crippen LogP contribution in [0.5, 0.6) is 0 Å². The highest BCUT2D eigenvalue weighted by Gasteiger charge is 2.12. The van der Waals surface area contributed by atoms with E-state index in [0.29, 0.717) is 11.4 Å². The van der Waals surface area contributed by atoms with Crippen molar-refractivity contribution in [2.45, 2.75) is 13.0 Å². The van der Waals surface area contributed by atoms with Crippen molar-refractivity contribution >= 4 is 5.91 Å². The Morgan fingerprint density at radius 3 is 2.63 bits per heavy atom. The molecule has 1 unspecified atom stereocenters. The van der Waals surface area contributed by atoms with E-state index in [1.807, 2.05) is 0 Å². The number of aliphatic hydroxyl groups is 1. The van der Waals surface area contributed by atoms with Gasteiger partial charge in [-0.15, -0.1) is 0 Å².